The van der Waals surface area contributed by atoms with Gasteiger partial charge in [0.2, 0.25) is 0 Å². The molecule has 0 aromatic carbocycles. The minimum Gasteiger partial charge on any atom is -0.299 e. The number of hydrogen-bond donors (Lipinski definition) is 0. The third-order valence-corrected chi connectivity index (χ3v) is 5.16. The van der Waals surface area contributed by atoms with E-state index in [9.17, 15) is 4.79 Å². The predicted molar refractivity (Wildman–Crippen MR) is 60.4 cm³/mol. The second-order valence-electron chi connectivity index (χ2n) is 5.88. The lowest BCUT2D eigenvalue weighted by Crippen LogP contribution is -2.30. The van der Waals surface area contributed by atoms with Crippen molar-refractivity contribution in [3.8, 4) is 0 Å². The van der Waals surface area contributed by atoms with Gasteiger partial charge in [-0.05, 0) is 63.2 Å². The molecule has 3 aliphatic carbocycles. The number of fused-ring (bicyclic) bond motifs is 5. The summed E-state index contributed by atoms with van der Waals surface area (Å²) >= 11 is 0. The topological polar surface area (TPSA) is 17.1 Å². The molecule has 0 aliphatic heterocycles. The van der Waals surface area contributed by atoms with Crippen molar-refractivity contribution >= 4 is 5.78 Å². The van der Waals surface area contributed by atoms with Gasteiger partial charge < -0.3 is 0 Å². The number of carbonyl (C=O) groups is 1. The van der Waals surface area contributed by atoms with Gasteiger partial charge in [0.1, 0.15) is 5.78 Å². The molecule has 2 fully saturated rings. The fourth-order valence-electron chi connectivity index (χ4n) is 4.43. The average molecular weight is 204 g/mol. The molecule has 5 unspecified atom stereocenters. The summed E-state index contributed by atoms with van der Waals surface area (Å²) in [6.45, 7) is 3.92. The highest BCUT2D eigenvalue weighted by Crippen LogP contribution is 2.57. The van der Waals surface area contributed by atoms with Crippen LogP contribution in [-0.2, 0) is 4.79 Å². The van der Waals surface area contributed by atoms with E-state index >= 15 is 0 Å². The summed E-state index contributed by atoms with van der Waals surface area (Å²) in [5, 5.41) is 0. The number of ketones is 1. The quantitative estimate of drug-likeness (QED) is 0.599. The highest BCUT2D eigenvalue weighted by atomic mass is 16.1. The first-order chi connectivity index (χ1) is 7.16. The van der Waals surface area contributed by atoms with Gasteiger partial charge in [-0.2, -0.15) is 0 Å². The summed E-state index contributed by atoms with van der Waals surface area (Å²) in [7, 11) is 0. The van der Waals surface area contributed by atoms with Crippen LogP contribution in [0.1, 0.15) is 39.5 Å². The van der Waals surface area contributed by atoms with Gasteiger partial charge in [-0.1, -0.05) is 11.6 Å². The fourth-order valence-corrected chi connectivity index (χ4v) is 4.43. The lowest BCUT2D eigenvalue weighted by Gasteiger charge is -2.36. The van der Waals surface area contributed by atoms with Gasteiger partial charge in [-0.3, -0.25) is 4.79 Å². The molecule has 1 heteroatoms. The molecular weight excluding hydrogens is 184 g/mol. The molecule has 2 bridgehead atoms. The molecule has 0 amide bonds. The summed E-state index contributed by atoms with van der Waals surface area (Å²) in [4.78, 5) is 11.6. The van der Waals surface area contributed by atoms with E-state index in [1.807, 2.05) is 0 Å². The standard InChI is InChI=1S/C14H20O/c1-8-5-13-10-3-4-11(6-10)14(13)7-12(8)9(2)15/h5,10-14H,3-4,6-7H2,1-2H3. The van der Waals surface area contributed by atoms with Crippen LogP contribution in [0.4, 0.5) is 0 Å². The molecule has 3 aliphatic rings. The number of hydrogen-bond acceptors (Lipinski definition) is 1. The van der Waals surface area contributed by atoms with E-state index in [1.165, 1.54) is 24.8 Å². The Balaban J connectivity index is 1.90. The van der Waals surface area contributed by atoms with Gasteiger partial charge in [0.15, 0.2) is 0 Å². The lowest BCUT2D eigenvalue weighted by atomic mass is 9.68. The summed E-state index contributed by atoms with van der Waals surface area (Å²) in [5.74, 6) is 4.23. The van der Waals surface area contributed by atoms with Crippen LogP contribution in [0.3, 0.4) is 0 Å². The van der Waals surface area contributed by atoms with Gasteiger partial charge in [0.05, 0.1) is 0 Å². The molecule has 2 saturated carbocycles. The van der Waals surface area contributed by atoms with Crippen LogP contribution >= 0.6 is 0 Å². The molecule has 0 radical (unpaired) electrons. The molecule has 3 rings (SSSR count). The number of allylic oxidation sites excluding steroid dienone is 2. The van der Waals surface area contributed by atoms with E-state index < -0.39 is 0 Å². The number of rotatable bonds is 1. The zero-order valence-corrected chi connectivity index (χ0v) is 9.70. The van der Waals surface area contributed by atoms with Gasteiger partial charge in [-0.25, -0.2) is 0 Å². The second-order valence-corrected chi connectivity index (χ2v) is 5.88. The molecule has 0 saturated heterocycles. The second kappa shape index (κ2) is 3.20. The van der Waals surface area contributed by atoms with Crippen LogP contribution in [-0.4, -0.2) is 5.78 Å². The third-order valence-electron chi connectivity index (χ3n) is 5.16. The van der Waals surface area contributed by atoms with Crippen LogP contribution in [0.25, 0.3) is 0 Å². The predicted octanol–water partition coefficient (Wildman–Crippen LogP) is 3.20. The van der Waals surface area contributed by atoms with E-state index in [-0.39, 0.29) is 5.92 Å². The Morgan fingerprint density at radius 3 is 2.73 bits per heavy atom. The molecule has 1 nitrogen and oxygen atoms in total. The highest BCUT2D eigenvalue weighted by Gasteiger charge is 2.49. The minimum atomic E-state index is 0.255. The molecule has 15 heavy (non-hydrogen) atoms. The zero-order valence-electron chi connectivity index (χ0n) is 9.70. The maximum Gasteiger partial charge on any atom is 0.136 e. The average Bonchev–Trinajstić information content (AvgIpc) is 2.76. The van der Waals surface area contributed by atoms with E-state index in [4.69, 9.17) is 0 Å². The van der Waals surface area contributed by atoms with Crippen LogP contribution in [0.15, 0.2) is 11.6 Å². The molecule has 5 atom stereocenters. The van der Waals surface area contributed by atoms with E-state index in [0.29, 0.717) is 5.78 Å². The van der Waals surface area contributed by atoms with Crippen molar-refractivity contribution < 1.29 is 4.79 Å². The minimum absolute atomic E-state index is 0.255. The zero-order chi connectivity index (χ0) is 10.6. The molecule has 0 aromatic heterocycles. The Morgan fingerprint density at radius 1 is 1.27 bits per heavy atom. The summed E-state index contributed by atoms with van der Waals surface area (Å²) in [6, 6.07) is 0. The Morgan fingerprint density at radius 2 is 2.00 bits per heavy atom. The first-order valence-corrected chi connectivity index (χ1v) is 6.35. The normalized spacial score (nSPS) is 47.6. The van der Waals surface area contributed by atoms with Crippen molar-refractivity contribution in [3.05, 3.63) is 11.6 Å². The first-order valence-electron chi connectivity index (χ1n) is 6.35. The van der Waals surface area contributed by atoms with E-state index in [0.717, 1.165) is 30.1 Å². The molecule has 0 heterocycles. The highest BCUT2D eigenvalue weighted by molar-refractivity contribution is 5.81. The maximum absolute atomic E-state index is 11.6. The Kier molecular flexibility index (Phi) is 2.05. The SMILES string of the molecule is CC(=O)C1CC2C3CCC(C3)C2C=C1C. The Labute approximate surface area is 91.9 Å². The van der Waals surface area contributed by atoms with Crippen molar-refractivity contribution in [2.45, 2.75) is 39.5 Å². The maximum atomic E-state index is 11.6. The molecular formula is C14H20O. The van der Waals surface area contributed by atoms with Crippen molar-refractivity contribution in [1.82, 2.24) is 0 Å². The largest absolute Gasteiger partial charge is 0.299 e. The van der Waals surface area contributed by atoms with Gasteiger partial charge in [0, 0.05) is 5.92 Å². The Bertz CT molecular complexity index is 328. The lowest BCUT2D eigenvalue weighted by molar-refractivity contribution is -0.120. The fraction of sp³-hybridized carbons (Fsp3) is 0.786. The Hall–Kier alpha value is -0.590. The summed E-state index contributed by atoms with van der Waals surface area (Å²) < 4.78 is 0. The summed E-state index contributed by atoms with van der Waals surface area (Å²) in [6.07, 6.45) is 7.93. The first kappa shape index (κ1) is 9.62. The van der Waals surface area contributed by atoms with Crippen LogP contribution in [0.2, 0.25) is 0 Å². The van der Waals surface area contributed by atoms with Crippen LogP contribution in [0.5, 0.6) is 0 Å². The number of Topliss-reactive ketones (excluding diaryl/α,β-unsaturated/α-hetero) is 1. The van der Waals surface area contributed by atoms with Crippen LogP contribution < -0.4 is 0 Å². The van der Waals surface area contributed by atoms with Crippen LogP contribution in [0, 0.1) is 29.6 Å². The van der Waals surface area contributed by atoms with Crippen molar-refractivity contribution in [1.29, 1.82) is 0 Å². The van der Waals surface area contributed by atoms with E-state index in [1.54, 1.807) is 6.92 Å². The summed E-state index contributed by atoms with van der Waals surface area (Å²) in [5.41, 5.74) is 1.36. The molecule has 0 spiro atoms. The van der Waals surface area contributed by atoms with E-state index in [2.05, 4.69) is 13.0 Å². The molecule has 0 aromatic rings. The van der Waals surface area contributed by atoms with Crippen molar-refractivity contribution in [3.63, 3.8) is 0 Å². The van der Waals surface area contributed by atoms with Gasteiger partial charge in [-0.15, -0.1) is 0 Å². The van der Waals surface area contributed by atoms with Gasteiger partial charge in [0.25, 0.3) is 0 Å². The molecule has 0 N–H and O–H groups in total. The molecule has 82 valence electrons. The monoisotopic (exact) mass is 204 g/mol. The van der Waals surface area contributed by atoms with Gasteiger partial charge >= 0.3 is 0 Å². The third kappa shape index (κ3) is 1.32. The van der Waals surface area contributed by atoms with Crippen molar-refractivity contribution in [2.24, 2.45) is 29.6 Å². The number of carbonyl (C=O) groups excluding carboxylic acids is 1. The van der Waals surface area contributed by atoms with Crippen molar-refractivity contribution in [2.75, 3.05) is 0 Å². The smallest absolute Gasteiger partial charge is 0.136 e.